The zero-order valence-electron chi connectivity index (χ0n) is 12.8. The highest BCUT2D eigenvalue weighted by Gasteiger charge is 2.15. The smallest absolute Gasteiger partial charge is 0.265 e. The van der Waals surface area contributed by atoms with E-state index >= 15 is 0 Å². The fourth-order valence-electron chi connectivity index (χ4n) is 1.88. The molecule has 0 aliphatic heterocycles. The van der Waals surface area contributed by atoms with Crippen LogP contribution in [-0.2, 0) is 9.59 Å². The van der Waals surface area contributed by atoms with Gasteiger partial charge in [0.25, 0.3) is 5.91 Å². The van der Waals surface area contributed by atoms with Crippen LogP contribution in [0.2, 0.25) is 5.02 Å². The lowest BCUT2D eigenvalue weighted by atomic mass is 10.2. The summed E-state index contributed by atoms with van der Waals surface area (Å²) < 4.78 is 5.55. The van der Waals surface area contributed by atoms with E-state index in [0.717, 1.165) is 0 Å². The van der Waals surface area contributed by atoms with Gasteiger partial charge in [0, 0.05) is 12.6 Å². The Labute approximate surface area is 139 Å². The molecular weight excluding hydrogens is 316 g/mol. The summed E-state index contributed by atoms with van der Waals surface area (Å²) in [5.74, 6) is 0.111. The van der Waals surface area contributed by atoms with E-state index < -0.39 is 6.10 Å². The van der Waals surface area contributed by atoms with Crippen molar-refractivity contribution in [2.24, 2.45) is 0 Å². The van der Waals surface area contributed by atoms with Crippen molar-refractivity contribution in [3.8, 4) is 5.75 Å². The molecule has 5 nitrogen and oxygen atoms in total. The standard InChI is InChI=1S/C17H17ClN2O3/c1-11(23-14-6-4-3-5-7-14)17(22)20-13-8-9-16(15(18)10-13)19-12(2)21/h3-11H,1-2H3,(H,19,21)(H,20,22). The number of para-hydroxylation sites is 1. The first-order valence-electron chi connectivity index (χ1n) is 7.05. The number of carbonyl (C=O) groups excluding carboxylic acids is 2. The summed E-state index contributed by atoms with van der Waals surface area (Å²) in [6.07, 6.45) is -0.661. The Kier molecular flexibility index (Phi) is 5.60. The number of benzene rings is 2. The van der Waals surface area contributed by atoms with Gasteiger partial charge in [0.2, 0.25) is 5.91 Å². The number of amides is 2. The molecule has 1 unspecified atom stereocenters. The Morgan fingerprint density at radius 1 is 1.09 bits per heavy atom. The van der Waals surface area contributed by atoms with E-state index in [-0.39, 0.29) is 11.8 Å². The monoisotopic (exact) mass is 332 g/mol. The summed E-state index contributed by atoms with van der Waals surface area (Å²) in [6.45, 7) is 3.06. The zero-order chi connectivity index (χ0) is 16.8. The third kappa shape index (κ3) is 5.00. The van der Waals surface area contributed by atoms with E-state index in [4.69, 9.17) is 16.3 Å². The predicted octanol–water partition coefficient (Wildman–Crippen LogP) is 3.70. The van der Waals surface area contributed by atoms with Crippen LogP contribution in [0.1, 0.15) is 13.8 Å². The summed E-state index contributed by atoms with van der Waals surface area (Å²) in [5, 5.41) is 5.67. The molecule has 0 aliphatic carbocycles. The summed E-state index contributed by atoms with van der Waals surface area (Å²) >= 11 is 6.07. The molecule has 2 N–H and O–H groups in total. The second-order valence-corrected chi connectivity index (χ2v) is 5.35. The summed E-state index contributed by atoms with van der Waals surface area (Å²) in [6, 6.07) is 14.0. The molecule has 0 radical (unpaired) electrons. The molecule has 1 atom stereocenters. The maximum atomic E-state index is 12.1. The summed E-state index contributed by atoms with van der Waals surface area (Å²) in [4.78, 5) is 23.2. The number of hydrogen-bond donors (Lipinski definition) is 2. The molecular formula is C17H17ClN2O3. The van der Waals surface area contributed by atoms with Gasteiger partial charge in [-0.2, -0.15) is 0 Å². The molecule has 120 valence electrons. The molecule has 0 aliphatic rings. The SMILES string of the molecule is CC(=O)Nc1ccc(NC(=O)C(C)Oc2ccccc2)cc1Cl. The number of ether oxygens (including phenoxy) is 1. The molecule has 0 aromatic heterocycles. The maximum Gasteiger partial charge on any atom is 0.265 e. The first-order chi connectivity index (χ1) is 11.0. The van der Waals surface area contributed by atoms with Crippen molar-refractivity contribution in [1.29, 1.82) is 0 Å². The van der Waals surface area contributed by atoms with Gasteiger partial charge in [-0.3, -0.25) is 9.59 Å². The molecule has 23 heavy (non-hydrogen) atoms. The minimum atomic E-state index is -0.661. The molecule has 0 spiro atoms. The van der Waals surface area contributed by atoms with Gasteiger partial charge in [0.15, 0.2) is 6.10 Å². The zero-order valence-corrected chi connectivity index (χ0v) is 13.6. The Morgan fingerprint density at radius 3 is 2.39 bits per heavy atom. The summed E-state index contributed by atoms with van der Waals surface area (Å²) in [7, 11) is 0. The first-order valence-corrected chi connectivity index (χ1v) is 7.43. The Bertz CT molecular complexity index is 704. The lowest BCUT2D eigenvalue weighted by molar-refractivity contribution is -0.122. The first kappa shape index (κ1) is 16.8. The van der Waals surface area contributed by atoms with Crippen molar-refractivity contribution in [3.63, 3.8) is 0 Å². The molecule has 0 saturated heterocycles. The molecule has 0 fully saturated rings. The molecule has 6 heteroatoms. The van der Waals surface area contributed by atoms with Crippen LogP contribution in [0.25, 0.3) is 0 Å². The maximum absolute atomic E-state index is 12.1. The van der Waals surface area contributed by atoms with Gasteiger partial charge >= 0.3 is 0 Å². The van der Waals surface area contributed by atoms with Gasteiger partial charge in [-0.15, -0.1) is 0 Å². The molecule has 2 rings (SSSR count). The number of halogens is 1. The third-order valence-corrected chi connectivity index (χ3v) is 3.29. The fraction of sp³-hybridized carbons (Fsp3) is 0.176. The van der Waals surface area contributed by atoms with Crippen molar-refractivity contribution in [1.82, 2.24) is 0 Å². The minimum absolute atomic E-state index is 0.214. The molecule has 0 bridgehead atoms. The number of anilines is 2. The number of nitrogens with one attached hydrogen (secondary N) is 2. The van der Waals surface area contributed by atoms with Crippen LogP contribution in [0.15, 0.2) is 48.5 Å². The van der Waals surface area contributed by atoms with E-state index in [0.29, 0.717) is 22.1 Å². The van der Waals surface area contributed by atoms with Gasteiger partial charge in [-0.05, 0) is 37.3 Å². The van der Waals surface area contributed by atoms with Crippen LogP contribution in [0.3, 0.4) is 0 Å². The van der Waals surface area contributed by atoms with Gasteiger partial charge in [-0.1, -0.05) is 29.8 Å². The Hall–Kier alpha value is -2.53. The van der Waals surface area contributed by atoms with E-state index in [1.165, 1.54) is 6.92 Å². The van der Waals surface area contributed by atoms with Crippen LogP contribution in [0.4, 0.5) is 11.4 Å². The average Bonchev–Trinajstić information content (AvgIpc) is 2.50. The van der Waals surface area contributed by atoms with E-state index in [2.05, 4.69) is 10.6 Å². The Balaban J connectivity index is 1.99. The molecule has 2 aromatic carbocycles. The van der Waals surface area contributed by atoms with Crippen LogP contribution in [-0.4, -0.2) is 17.9 Å². The van der Waals surface area contributed by atoms with Gasteiger partial charge in [0.05, 0.1) is 10.7 Å². The highest BCUT2D eigenvalue weighted by Crippen LogP contribution is 2.25. The van der Waals surface area contributed by atoms with Crippen LogP contribution in [0.5, 0.6) is 5.75 Å². The van der Waals surface area contributed by atoms with Crippen molar-refractivity contribution < 1.29 is 14.3 Å². The minimum Gasteiger partial charge on any atom is -0.481 e. The van der Waals surface area contributed by atoms with Crippen LogP contribution >= 0.6 is 11.6 Å². The van der Waals surface area contributed by atoms with E-state index in [1.807, 2.05) is 18.2 Å². The average molecular weight is 333 g/mol. The van der Waals surface area contributed by atoms with Gasteiger partial charge < -0.3 is 15.4 Å². The molecule has 0 saturated carbocycles. The van der Waals surface area contributed by atoms with E-state index in [1.54, 1.807) is 37.3 Å². The molecule has 2 amide bonds. The largest absolute Gasteiger partial charge is 0.481 e. The number of carbonyl (C=O) groups is 2. The second-order valence-electron chi connectivity index (χ2n) is 4.94. The van der Waals surface area contributed by atoms with Crippen molar-refractivity contribution >= 4 is 34.8 Å². The fourth-order valence-corrected chi connectivity index (χ4v) is 2.11. The quantitative estimate of drug-likeness (QED) is 0.877. The predicted molar refractivity (Wildman–Crippen MR) is 90.9 cm³/mol. The second kappa shape index (κ2) is 7.65. The topological polar surface area (TPSA) is 67.4 Å². The lowest BCUT2D eigenvalue weighted by Gasteiger charge is -2.15. The Morgan fingerprint density at radius 2 is 1.78 bits per heavy atom. The number of hydrogen-bond acceptors (Lipinski definition) is 3. The lowest BCUT2D eigenvalue weighted by Crippen LogP contribution is -2.30. The summed E-state index contributed by atoms with van der Waals surface area (Å²) in [5.41, 5.74) is 1.02. The van der Waals surface area contributed by atoms with E-state index in [9.17, 15) is 9.59 Å². The number of rotatable bonds is 5. The van der Waals surface area contributed by atoms with Crippen LogP contribution < -0.4 is 15.4 Å². The highest BCUT2D eigenvalue weighted by molar-refractivity contribution is 6.34. The van der Waals surface area contributed by atoms with Crippen molar-refractivity contribution in [3.05, 3.63) is 53.6 Å². The normalized spacial score (nSPS) is 11.4. The van der Waals surface area contributed by atoms with Gasteiger partial charge in [-0.25, -0.2) is 0 Å². The molecule has 2 aromatic rings. The van der Waals surface area contributed by atoms with Crippen LogP contribution in [0, 0.1) is 0 Å². The van der Waals surface area contributed by atoms with Crippen molar-refractivity contribution in [2.75, 3.05) is 10.6 Å². The van der Waals surface area contributed by atoms with Crippen molar-refractivity contribution in [2.45, 2.75) is 20.0 Å². The van der Waals surface area contributed by atoms with Gasteiger partial charge in [0.1, 0.15) is 5.75 Å². The highest BCUT2D eigenvalue weighted by atomic mass is 35.5. The molecule has 0 heterocycles. The third-order valence-electron chi connectivity index (χ3n) is 2.97.